The fourth-order valence-electron chi connectivity index (χ4n) is 4.81. The van der Waals surface area contributed by atoms with Crippen molar-refractivity contribution in [3.8, 4) is 11.5 Å². The van der Waals surface area contributed by atoms with Crippen molar-refractivity contribution in [2.45, 2.75) is 39.0 Å². The van der Waals surface area contributed by atoms with Crippen LogP contribution in [0.3, 0.4) is 0 Å². The summed E-state index contributed by atoms with van der Waals surface area (Å²) in [5.41, 5.74) is 1.67. The SMILES string of the molecule is CCCn1c(=O)n(CCC(=O)N2CCN(C(=O)C3COc4ccccc4O3)CC2)c2ccccc21. The molecule has 0 spiro atoms. The van der Waals surface area contributed by atoms with Crippen molar-refractivity contribution in [1.29, 1.82) is 0 Å². The number of piperazine rings is 1. The lowest BCUT2D eigenvalue weighted by Gasteiger charge is -2.37. The number of para-hydroxylation sites is 4. The lowest BCUT2D eigenvalue weighted by molar-refractivity contribution is -0.146. The van der Waals surface area contributed by atoms with Crippen LogP contribution in [-0.2, 0) is 22.7 Å². The standard InChI is InChI=1S/C26H30N4O5/c1-2-12-29-19-7-3-4-8-20(19)30(26(29)33)13-11-24(31)27-14-16-28(17-15-27)25(32)23-18-34-21-9-5-6-10-22(21)35-23/h3-10,23H,2,11-18H2,1H3. The Morgan fingerprint density at radius 1 is 0.857 bits per heavy atom. The molecule has 3 heterocycles. The number of hydrogen-bond acceptors (Lipinski definition) is 5. The predicted octanol–water partition coefficient (Wildman–Crippen LogP) is 2.11. The van der Waals surface area contributed by atoms with Gasteiger partial charge in [-0.2, -0.15) is 0 Å². The number of rotatable bonds is 6. The van der Waals surface area contributed by atoms with Crippen molar-refractivity contribution in [2.24, 2.45) is 0 Å². The Morgan fingerprint density at radius 3 is 2.14 bits per heavy atom. The number of imidazole rings is 1. The second kappa shape index (κ2) is 9.85. The molecular weight excluding hydrogens is 448 g/mol. The highest BCUT2D eigenvalue weighted by atomic mass is 16.6. The van der Waals surface area contributed by atoms with Crippen molar-refractivity contribution in [1.82, 2.24) is 18.9 Å². The molecule has 5 rings (SSSR count). The Hall–Kier alpha value is -3.75. The van der Waals surface area contributed by atoms with Crippen LogP contribution < -0.4 is 15.2 Å². The van der Waals surface area contributed by atoms with Gasteiger partial charge in [0.2, 0.25) is 12.0 Å². The maximum Gasteiger partial charge on any atom is 0.329 e. The first-order valence-electron chi connectivity index (χ1n) is 12.2. The quantitative estimate of drug-likeness (QED) is 0.542. The summed E-state index contributed by atoms with van der Waals surface area (Å²) in [5, 5.41) is 0. The van der Waals surface area contributed by atoms with E-state index in [1.54, 1.807) is 25.0 Å². The van der Waals surface area contributed by atoms with Gasteiger partial charge >= 0.3 is 5.69 Å². The second-order valence-corrected chi connectivity index (χ2v) is 8.89. The summed E-state index contributed by atoms with van der Waals surface area (Å²) >= 11 is 0. The van der Waals surface area contributed by atoms with E-state index in [-0.39, 0.29) is 30.5 Å². The number of ether oxygens (including phenoxy) is 2. The zero-order valence-electron chi connectivity index (χ0n) is 19.9. The summed E-state index contributed by atoms with van der Waals surface area (Å²) in [5.74, 6) is 1.08. The van der Waals surface area contributed by atoms with E-state index in [1.807, 2.05) is 49.4 Å². The van der Waals surface area contributed by atoms with Gasteiger partial charge in [-0.05, 0) is 30.7 Å². The molecule has 1 aromatic heterocycles. The van der Waals surface area contributed by atoms with Gasteiger partial charge in [0.15, 0.2) is 11.5 Å². The number of carbonyl (C=O) groups is 2. The molecule has 35 heavy (non-hydrogen) atoms. The third-order valence-electron chi connectivity index (χ3n) is 6.65. The molecule has 0 aliphatic carbocycles. The molecule has 2 amide bonds. The summed E-state index contributed by atoms with van der Waals surface area (Å²) < 4.78 is 15.0. The largest absolute Gasteiger partial charge is 0.485 e. The van der Waals surface area contributed by atoms with Gasteiger partial charge in [0.05, 0.1) is 11.0 Å². The summed E-state index contributed by atoms with van der Waals surface area (Å²) in [6, 6.07) is 15.0. The first-order valence-corrected chi connectivity index (χ1v) is 12.2. The first kappa shape index (κ1) is 23.0. The highest BCUT2D eigenvalue weighted by molar-refractivity contribution is 5.83. The number of aromatic nitrogens is 2. The van der Waals surface area contributed by atoms with Gasteiger partial charge in [-0.15, -0.1) is 0 Å². The third kappa shape index (κ3) is 4.50. The molecule has 3 aromatic rings. The van der Waals surface area contributed by atoms with Gasteiger partial charge in [-0.1, -0.05) is 31.2 Å². The van der Waals surface area contributed by atoms with E-state index >= 15 is 0 Å². The molecular formula is C26H30N4O5. The van der Waals surface area contributed by atoms with E-state index in [4.69, 9.17) is 9.47 Å². The minimum Gasteiger partial charge on any atom is -0.485 e. The summed E-state index contributed by atoms with van der Waals surface area (Å²) in [6.07, 6.45) is 0.421. The Balaban J connectivity index is 1.17. The van der Waals surface area contributed by atoms with Crippen LogP contribution in [0.5, 0.6) is 11.5 Å². The highest BCUT2D eigenvalue weighted by Gasteiger charge is 2.33. The molecule has 184 valence electrons. The number of aryl methyl sites for hydroxylation is 2. The molecule has 9 nitrogen and oxygen atoms in total. The molecule has 2 aliphatic heterocycles. The summed E-state index contributed by atoms with van der Waals surface area (Å²) in [7, 11) is 0. The number of nitrogens with zero attached hydrogens (tertiary/aromatic N) is 4. The van der Waals surface area contributed by atoms with Gasteiger partial charge in [-0.25, -0.2) is 4.79 Å². The molecule has 0 radical (unpaired) electrons. The van der Waals surface area contributed by atoms with E-state index in [0.29, 0.717) is 50.8 Å². The van der Waals surface area contributed by atoms with Crippen molar-refractivity contribution >= 4 is 22.8 Å². The van der Waals surface area contributed by atoms with Crippen molar-refractivity contribution in [2.75, 3.05) is 32.8 Å². The maximum absolute atomic E-state index is 12.9. The van der Waals surface area contributed by atoms with E-state index in [9.17, 15) is 14.4 Å². The lowest BCUT2D eigenvalue weighted by Crippen LogP contribution is -2.55. The Morgan fingerprint density at radius 2 is 1.46 bits per heavy atom. The molecule has 2 aromatic carbocycles. The van der Waals surface area contributed by atoms with Crippen LogP contribution in [0.1, 0.15) is 19.8 Å². The molecule has 1 unspecified atom stereocenters. The van der Waals surface area contributed by atoms with Crippen LogP contribution in [0.25, 0.3) is 11.0 Å². The van der Waals surface area contributed by atoms with Gasteiger partial charge in [0, 0.05) is 45.7 Å². The zero-order chi connectivity index (χ0) is 24.4. The average molecular weight is 479 g/mol. The third-order valence-corrected chi connectivity index (χ3v) is 6.65. The molecule has 1 atom stereocenters. The number of benzene rings is 2. The monoisotopic (exact) mass is 478 g/mol. The zero-order valence-corrected chi connectivity index (χ0v) is 19.9. The van der Waals surface area contributed by atoms with E-state index in [2.05, 4.69) is 0 Å². The summed E-state index contributed by atoms with van der Waals surface area (Å²) in [4.78, 5) is 42.3. The number of amides is 2. The minimum atomic E-state index is -0.681. The molecule has 0 bridgehead atoms. The van der Waals surface area contributed by atoms with E-state index in [0.717, 1.165) is 17.5 Å². The molecule has 0 saturated carbocycles. The highest BCUT2D eigenvalue weighted by Crippen LogP contribution is 2.31. The molecule has 2 aliphatic rings. The van der Waals surface area contributed by atoms with Gasteiger partial charge in [0.1, 0.15) is 6.61 Å². The number of hydrogen-bond donors (Lipinski definition) is 0. The predicted molar refractivity (Wildman–Crippen MR) is 131 cm³/mol. The van der Waals surface area contributed by atoms with Gasteiger partial charge in [-0.3, -0.25) is 18.7 Å². The fourth-order valence-corrected chi connectivity index (χ4v) is 4.81. The van der Waals surface area contributed by atoms with Gasteiger partial charge in [0.25, 0.3) is 5.91 Å². The van der Waals surface area contributed by atoms with Crippen LogP contribution in [0.4, 0.5) is 0 Å². The Bertz CT molecular complexity index is 1290. The number of carbonyl (C=O) groups excluding carboxylic acids is 2. The molecule has 1 fully saturated rings. The van der Waals surface area contributed by atoms with E-state index < -0.39 is 6.10 Å². The van der Waals surface area contributed by atoms with Crippen molar-refractivity contribution in [3.05, 3.63) is 59.0 Å². The second-order valence-electron chi connectivity index (χ2n) is 8.89. The van der Waals surface area contributed by atoms with Crippen LogP contribution in [0.2, 0.25) is 0 Å². The first-order chi connectivity index (χ1) is 17.1. The minimum absolute atomic E-state index is 0.0116. The summed E-state index contributed by atoms with van der Waals surface area (Å²) in [6.45, 7) is 5.01. The number of fused-ring (bicyclic) bond motifs is 2. The normalized spacial score (nSPS) is 17.6. The average Bonchev–Trinajstić information content (AvgIpc) is 3.17. The van der Waals surface area contributed by atoms with Crippen LogP contribution in [0, 0.1) is 0 Å². The maximum atomic E-state index is 12.9. The van der Waals surface area contributed by atoms with Crippen LogP contribution >= 0.6 is 0 Å². The van der Waals surface area contributed by atoms with Crippen LogP contribution in [0.15, 0.2) is 53.3 Å². The van der Waals surface area contributed by atoms with Crippen molar-refractivity contribution < 1.29 is 19.1 Å². The fraction of sp³-hybridized carbons (Fsp3) is 0.423. The van der Waals surface area contributed by atoms with Gasteiger partial charge < -0.3 is 19.3 Å². The smallest absolute Gasteiger partial charge is 0.329 e. The van der Waals surface area contributed by atoms with Crippen LogP contribution in [-0.4, -0.2) is 69.6 Å². The Kier molecular flexibility index (Phi) is 6.48. The topological polar surface area (TPSA) is 86.0 Å². The van der Waals surface area contributed by atoms with E-state index in [1.165, 1.54) is 0 Å². The molecule has 1 saturated heterocycles. The lowest BCUT2D eigenvalue weighted by atomic mass is 10.2. The Labute approximate surface area is 203 Å². The molecule has 0 N–H and O–H groups in total. The molecule has 9 heteroatoms. The van der Waals surface area contributed by atoms with Crippen molar-refractivity contribution in [3.63, 3.8) is 0 Å².